The molecule has 0 aromatic heterocycles. The predicted octanol–water partition coefficient (Wildman–Crippen LogP) is 3.41. The van der Waals surface area contributed by atoms with Crippen LogP contribution in [0.2, 0.25) is 0 Å². The Morgan fingerprint density at radius 2 is 1.96 bits per heavy atom. The van der Waals surface area contributed by atoms with Crippen molar-refractivity contribution in [3.8, 4) is 11.5 Å². The number of hydrazone groups is 1. The van der Waals surface area contributed by atoms with Crippen LogP contribution < -0.4 is 4.74 Å². The normalized spacial score (nSPS) is 16.9. The lowest BCUT2D eigenvalue weighted by molar-refractivity contribution is -0.130. The first-order chi connectivity index (χ1) is 11.5. The maximum absolute atomic E-state index is 12.0. The zero-order chi connectivity index (χ0) is 17.3. The van der Waals surface area contributed by atoms with Crippen LogP contribution in [-0.2, 0) is 4.79 Å². The molecule has 5 heteroatoms. The topological polar surface area (TPSA) is 62.1 Å². The van der Waals surface area contributed by atoms with Gasteiger partial charge in [-0.25, -0.2) is 5.01 Å². The molecule has 1 heterocycles. The summed E-state index contributed by atoms with van der Waals surface area (Å²) in [6.45, 7) is 3.53. The van der Waals surface area contributed by atoms with E-state index in [-0.39, 0.29) is 17.7 Å². The van der Waals surface area contributed by atoms with E-state index in [0.29, 0.717) is 12.2 Å². The minimum atomic E-state index is -0.226. The molecule has 0 saturated heterocycles. The molecule has 124 valence electrons. The van der Waals surface area contributed by atoms with Gasteiger partial charge < -0.3 is 9.84 Å². The van der Waals surface area contributed by atoms with Crippen LogP contribution in [-0.4, -0.2) is 28.8 Å². The lowest BCUT2D eigenvalue weighted by Crippen LogP contribution is -2.24. The molecule has 3 rings (SSSR count). The number of benzene rings is 2. The molecular weight excluding hydrogens is 304 g/mol. The lowest BCUT2D eigenvalue weighted by Gasteiger charge is -2.21. The quantitative estimate of drug-likeness (QED) is 0.941. The minimum Gasteiger partial charge on any atom is -0.504 e. The summed E-state index contributed by atoms with van der Waals surface area (Å²) in [5, 5.41) is 16.0. The van der Waals surface area contributed by atoms with E-state index in [2.05, 4.69) is 5.10 Å². The number of aryl methyl sites for hydroxylation is 1. The molecule has 0 radical (unpaired) electrons. The summed E-state index contributed by atoms with van der Waals surface area (Å²) in [4.78, 5) is 12.0. The van der Waals surface area contributed by atoms with Crippen LogP contribution in [0, 0.1) is 6.92 Å². The summed E-state index contributed by atoms with van der Waals surface area (Å²) >= 11 is 0. The third-order valence-corrected chi connectivity index (χ3v) is 4.21. The molecule has 0 aliphatic carbocycles. The number of nitrogens with zero attached hydrogens (tertiary/aromatic N) is 2. The highest BCUT2D eigenvalue weighted by Gasteiger charge is 2.31. The lowest BCUT2D eigenvalue weighted by atomic mass is 9.97. The van der Waals surface area contributed by atoms with E-state index in [9.17, 15) is 9.90 Å². The largest absolute Gasteiger partial charge is 0.504 e. The van der Waals surface area contributed by atoms with Crippen molar-refractivity contribution in [1.82, 2.24) is 5.01 Å². The van der Waals surface area contributed by atoms with Gasteiger partial charge >= 0.3 is 0 Å². The summed E-state index contributed by atoms with van der Waals surface area (Å²) < 4.78 is 5.08. The second-order valence-electron chi connectivity index (χ2n) is 5.93. The van der Waals surface area contributed by atoms with Crippen molar-refractivity contribution in [3.63, 3.8) is 0 Å². The van der Waals surface area contributed by atoms with Crippen molar-refractivity contribution in [1.29, 1.82) is 0 Å². The highest BCUT2D eigenvalue weighted by Crippen LogP contribution is 2.36. The van der Waals surface area contributed by atoms with E-state index in [1.54, 1.807) is 12.1 Å². The van der Waals surface area contributed by atoms with Crippen molar-refractivity contribution in [2.75, 3.05) is 7.11 Å². The first kappa shape index (κ1) is 16.1. The fraction of sp³-hybridized carbons (Fsp3) is 0.263. The number of phenolic OH excluding ortho intramolecular Hbond substituents is 1. The standard InChI is InChI=1S/C19H20N2O3/c1-12-4-6-14(7-5-12)16-11-17(21(20-16)13(2)22)15-8-9-19(24-3)18(23)10-15/h4-10,17,23H,11H2,1-3H3/t17-/m0/s1. The number of hydrogen-bond acceptors (Lipinski definition) is 4. The van der Waals surface area contributed by atoms with E-state index in [1.165, 1.54) is 24.6 Å². The maximum Gasteiger partial charge on any atom is 0.240 e. The molecule has 0 bridgehead atoms. The van der Waals surface area contributed by atoms with Crippen LogP contribution in [0.15, 0.2) is 47.6 Å². The number of methoxy groups -OCH3 is 1. The molecule has 0 saturated carbocycles. The molecule has 1 amide bonds. The first-order valence-corrected chi connectivity index (χ1v) is 7.81. The van der Waals surface area contributed by atoms with Gasteiger partial charge in [0.2, 0.25) is 5.91 Å². The van der Waals surface area contributed by atoms with Crippen molar-refractivity contribution < 1.29 is 14.6 Å². The van der Waals surface area contributed by atoms with Crippen molar-refractivity contribution in [3.05, 3.63) is 59.2 Å². The molecule has 2 aromatic rings. The number of ether oxygens (including phenoxy) is 1. The Morgan fingerprint density at radius 1 is 1.25 bits per heavy atom. The summed E-state index contributed by atoms with van der Waals surface area (Å²) in [5.41, 5.74) is 3.88. The average molecular weight is 324 g/mol. The maximum atomic E-state index is 12.0. The Labute approximate surface area is 141 Å². The monoisotopic (exact) mass is 324 g/mol. The van der Waals surface area contributed by atoms with Crippen LogP contribution in [0.4, 0.5) is 0 Å². The van der Waals surface area contributed by atoms with Gasteiger partial charge in [-0.15, -0.1) is 0 Å². The van der Waals surface area contributed by atoms with Gasteiger partial charge in [0.15, 0.2) is 11.5 Å². The number of carbonyl (C=O) groups excluding carboxylic acids is 1. The van der Waals surface area contributed by atoms with E-state index in [0.717, 1.165) is 16.8 Å². The van der Waals surface area contributed by atoms with E-state index >= 15 is 0 Å². The van der Waals surface area contributed by atoms with Gasteiger partial charge in [0, 0.05) is 13.3 Å². The van der Waals surface area contributed by atoms with Crippen molar-refractivity contribution in [2.45, 2.75) is 26.3 Å². The SMILES string of the molecule is COc1ccc([C@@H]2CC(c3ccc(C)cc3)=NN2C(C)=O)cc1O. The van der Waals surface area contributed by atoms with Gasteiger partial charge in [0.05, 0.1) is 18.9 Å². The van der Waals surface area contributed by atoms with Crippen LogP contribution in [0.1, 0.15) is 36.1 Å². The molecule has 0 spiro atoms. The number of aromatic hydroxyl groups is 1. The van der Waals surface area contributed by atoms with Crippen LogP contribution >= 0.6 is 0 Å². The second-order valence-corrected chi connectivity index (χ2v) is 5.93. The van der Waals surface area contributed by atoms with Gasteiger partial charge in [-0.2, -0.15) is 5.10 Å². The van der Waals surface area contributed by atoms with E-state index in [4.69, 9.17) is 4.74 Å². The number of amides is 1. The van der Waals surface area contributed by atoms with Crippen molar-refractivity contribution in [2.24, 2.45) is 5.10 Å². The molecule has 0 unspecified atom stereocenters. The fourth-order valence-corrected chi connectivity index (χ4v) is 2.89. The minimum absolute atomic E-state index is 0.0577. The zero-order valence-electron chi connectivity index (χ0n) is 14.0. The Bertz CT molecular complexity index is 797. The summed E-state index contributed by atoms with van der Waals surface area (Å²) in [6, 6.07) is 13.0. The van der Waals surface area contributed by atoms with Crippen LogP contribution in [0.5, 0.6) is 11.5 Å². The molecule has 2 aromatic carbocycles. The van der Waals surface area contributed by atoms with Gasteiger partial charge in [0.25, 0.3) is 0 Å². The van der Waals surface area contributed by atoms with Gasteiger partial charge in [0.1, 0.15) is 0 Å². The Hall–Kier alpha value is -2.82. The highest BCUT2D eigenvalue weighted by atomic mass is 16.5. The number of carbonyl (C=O) groups is 1. The zero-order valence-corrected chi connectivity index (χ0v) is 14.0. The van der Waals surface area contributed by atoms with Gasteiger partial charge in [-0.05, 0) is 30.2 Å². The second kappa shape index (κ2) is 6.35. The van der Waals surface area contributed by atoms with E-state index < -0.39 is 0 Å². The summed E-state index contributed by atoms with van der Waals surface area (Å²) in [7, 11) is 1.50. The number of rotatable bonds is 3. The molecule has 1 aliphatic rings. The van der Waals surface area contributed by atoms with Crippen LogP contribution in [0.3, 0.4) is 0 Å². The number of hydrogen-bond donors (Lipinski definition) is 1. The predicted molar refractivity (Wildman–Crippen MR) is 92.3 cm³/mol. The first-order valence-electron chi connectivity index (χ1n) is 7.81. The Balaban J connectivity index is 1.93. The van der Waals surface area contributed by atoms with Crippen molar-refractivity contribution >= 4 is 11.6 Å². The third kappa shape index (κ3) is 2.97. The summed E-state index contributed by atoms with van der Waals surface area (Å²) in [5.74, 6) is 0.338. The molecule has 24 heavy (non-hydrogen) atoms. The average Bonchev–Trinajstić information content (AvgIpc) is 3.01. The number of phenols is 1. The van der Waals surface area contributed by atoms with Gasteiger partial charge in [-0.3, -0.25) is 4.79 Å². The molecule has 1 N–H and O–H groups in total. The molecule has 5 nitrogen and oxygen atoms in total. The molecule has 0 fully saturated rings. The smallest absolute Gasteiger partial charge is 0.240 e. The van der Waals surface area contributed by atoms with E-state index in [1.807, 2.05) is 37.3 Å². The molecule has 1 aliphatic heterocycles. The van der Waals surface area contributed by atoms with Gasteiger partial charge in [-0.1, -0.05) is 35.9 Å². The highest BCUT2D eigenvalue weighted by molar-refractivity contribution is 6.03. The summed E-state index contributed by atoms with van der Waals surface area (Å²) in [6.07, 6.45) is 0.606. The Kier molecular flexibility index (Phi) is 4.25. The molecular formula is C19H20N2O3. The molecule has 1 atom stereocenters. The third-order valence-electron chi connectivity index (χ3n) is 4.21. The Morgan fingerprint density at radius 3 is 2.54 bits per heavy atom. The fourth-order valence-electron chi connectivity index (χ4n) is 2.89. The van der Waals surface area contributed by atoms with Crippen LogP contribution in [0.25, 0.3) is 0 Å².